The fourth-order valence-corrected chi connectivity index (χ4v) is 3.31. The number of hydrogen-bond acceptors (Lipinski definition) is 1. The van der Waals surface area contributed by atoms with E-state index in [1.807, 2.05) is 0 Å². The van der Waals surface area contributed by atoms with E-state index in [0.717, 1.165) is 0 Å². The minimum Gasteiger partial charge on any atom is -0.219 e. The summed E-state index contributed by atoms with van der Waals surface area (Å²) in [6, 6.07) is 0. The zero-order valence-electron chi connectivity index (χ0n) is 5.54. The maximum absolute atomic E-state index is 5.61. The van der Waals surface area contributed by atoms with Gasteiger partial charge < -0.3 is 0 Å². The van der Waals surface area contributed by atoms with Gasteiger partial charge in [-0.05, 0) is 40.6 Å². The highest BCUT2D eigenvalue weighted by Crippen LogP contribution is 2.68. The van der Waals surface area contributed by atoms with Crippen molar-refractivity contribution < 1.29 is 0 Å². The van der Waals surface area contributed by atoms with Crippen LogP contribution < -0.4 is 0 Å². The monoisotopic (exact) mass is 329 g/mol. The first kappa shape index (κ1) is 14.3. The van der Waals surface area contributed by atoms with Crippen molar-refractivity contribution in [2.24, 2.45) is 4.74 Å². The van der Waals surface area contributed by atoms with Gasteiger partial charge in [-0.25, -0.2) is 4.74 Å². The average Bonchev–Trinajstić information content (AvgIpc) is 1.52. The molecule has 0 amide bonds. The van der Waals surface area contributed by atoms with Crippen LogP contribution in [-0.2, 0) is 0 Å². The first-order chi connectivity index (χ1) is 4.96. The summed E-state index contributed by atoms with van der Waals surface area (Å²) >= 11 is 38.6. The number of hydrogen-bond donors (Lipinski definition) is 0. The second-order valence-corrected chi connectivity index (χ2v) is 11.9. The number of nitrogens with zero attached hydrogens (tertiary/aromatic N) is 1. The molecule has 0 rings (SSSR count). The van der Waals surface area contributed by atoms with Crippen LogP contribution in [0.5, 0.6) is 0 Å². The fourth-order valence-electron chi connectivity index (χ4n) is 0.230. The lowest BCUT2D eigenvalue weighted by Gasteiger charge is -2.25. The van der Waals surface area contributed by atoms with E-state index in [2.05, 4.69) is 4.74 Å². The zero-order chi connectivity index (χ0) is 10.2. The van der Waals surface area contributed by atoms with Crippen molar-refractivity contribution in [3.8, 4) is 0 Å². The third kappa shape index (κ3) is 5.22. The molecule has 0 aromatic heterocycles. The van der Waals surface area contributed by atoms with Crippen LogP contribution in [0.4, 0.5) is 0 Å². The molecule has 1 nitrogen and oxygen atoms in total. The summed E-state index contributed by atoms with van der Waals surface area (Å²) in [7, 11) is 0. The molecule has 0 aliphatic rings. The average molecular weight is 332 g/mol. The minimum absolute atomic E-state index is 1.35. The third-order valence-electron chi connectivity index (χ3n) is 0.767. The predicted molar refractivity (Wildman–Crippen MR) is 61.5 cm³/mol. The smallest absolute Gasteiger partial charge is 0.219 e. The van der Waals surface area contributed by atoms with E-state index in [4.69, 9.17) is 80.1 Å². The molecule has 12 heavy (non-hydrogen) atoms. The lowest BCUT2D eigenvalue weighted by molar-refractivity contribution is 0.743. The molecule has 9 heteroatoms. The highest BCUT2D eigenvalue weighted by Gasteiger charge is 2.44. The van der Waals surface area contributed by atoms with Crippen molar-refractivity contribution in [1.82, 2.24) is 0 Å². The summed E-state index contributed by atoms with van der Waals surface area (Å²) in [4.78, 5) is 0. The van der Waals surface area contributed by atoms with Gasteiger partial charge in [-0.1, -0.05) is 46.4 Å². The molecular formula is C3H3Cl7NP. The summed E-state index contributed by atoms with van der Waals surface area (Å²) < 4.78 is 0.149. The highest BCUT2D eigenvalue weighted by atomic mass is 36.0. The first-order valence-corrected chi connectivity index (χ1v) is 8.41. The van der Waals surface area contributed by atoms with E-state index < -0.39 is 13.9 Å². The standard InChI is InChI=1S/C3H3Cl7NP/c1-2(4,5)3(6,7)11-12(8,9)10/h1H3. The minimum atomic E-state index is -3.02. The van der Waals surface area contributed by atoms with Crippen LogP contribution in [0.1, 0.15) is 6.92 Å². The van der Waals surface area contributed by atoms with Gasteiger partial charge in [0, 0.05) is 0 Å². The van der Waals surface area contributed by atoms with E-state index >= 15 is 0 Å². The first-order valence-electron chi connectivity index (χ1n) is 2.44. The Labute approximate surface area is 105 Å². The summed E-state index contributed by atoms with van der Waals surface area (Å²) in [5.74, 6) is 0. The molecule has 0 aromatic carbocycles. The van der Waals surface area contributed by atoms with E-state index in [-0.39, 0.29) is 0 Å². The Kier molecular flexibility index (Phi) is 5.24. The molecule has 74 valence electrons. The second kappa shape index (κ2) is 4.41. The summed E-state index contributed by atoms with van der Waals surface area (Å²) in [6.45, 7) is 1.35. The lowest BCUT2D eigenvalue weighted by Crippen LogP contribution is -2.30. The van der Waals surface area contributed by atoms with Crippen LogP contribution in [0.25, 0.3) is 0 Å². The van der Waals surface area contributed by atoms with E-state index in [9.17, 15) is 0 Å². The molecule has 0 aromatic rings. The lowest BCUT2D eigenvalue weighted by atomic mass is 10.5. The van der Waals surface area contributed by atoms with Gasteiger partial charge in [0.05, 0.1) is 0 Å². The molecule has 0 radical (unpaired) electrons. The molecular weight excluding hydrogens is 329 g/mol. The molecule has 0 heterocycles. The summed E-state index contributed by atoms with van der Waals surface area (Å²) in [5, 5.41) is -3.02. The maximum atomic E-state index is 5.61. The van der Waals surface area contributed by atoms with Gasteiger partial charge in [0.25, 0.3) is 0 Å². The van der Waals surface area contributed by atoms with Crippen LogP contribution in [0.3, 0.4) is 0 Å². The molecule has 0 spiro atoms. The Morgan fingerprint density at radius 3 is 1.42 bits per heavy atom. The molecule has 0 unspecified atom stereocenters. The quantitative estimate of drug-likeness (QED) is 0.335. The third-order valence-corrected chi connectivity index (χ3v) is 4.07. The normalized spacial score (nSPS) is 14.7. The largest absolute Gasteiger partial charge is 0.242 e. The molecule has 0 atom stereocenters. The Morgan fingerprint density at radius 1 is 1.00 bits per heavy atom. The Balaban J connectivity index is 4.91. The number of alkyl halides is 4. The van der Waals surface area contributed by atoms with Gasteiger partial charge in [-0.3, -0.25) is 0 Å². The van der Waals surface area contributed by atoms with E-state index in [1.54, 1.807) is 0 Å². The fraction of sp³-hybridized carbons (Fsp3) is 1.00. The zero-order valence-corrected chi connectivity index (χ0v) is 11.7. The topological polar surface area (TPSA) is 12.4 Å². The van der Waals surface area contributed by atoms with Crippen molar-refractivity contribution in [2.45, 2.75) is 15.7 Å². The molecule has 0 saturated heterocycles. The van der Waals surface area contributed by atoms with Crippen molar-refractivity contribution in [3.05, 3.63) is 0 Å². The van der Waals surface area contributed by atoms with Crippen molar-refractivity contribution >= 4 is 85.2 Å². The molecule has 0 N–H and O–H groups in total. The van der Waals surface area contributed by atoms with Crippen molar-refractivity contribution in [2.75, 3.05) is 0 Å². The van der Waals surface area contributed by atoms with E-state index in [0.29, 0.717) is 0 Å². The SMILES string of the molecule is CC(Cl)(Cl)C(Cl)(Cl)N=P(Cl)(Cl)Cl. The Bertz CT molecular complexity index is 203. The van der Waals surface area contributed by atoms with Gasteiger partial charge in [-0.2, -0.15) is 0 Å². The van der Waals surface area contributed by atoms with Gasteiger partial charge in [-0.15, -0.1) is 0 Å². The summed E-state index contributed by atoms with van der Waals surface area (Å²) in [5.41, 5.74) is 0. The van der Waals surface area contributed by atoms with Gasteiger partial charge in [0.2, 0.25) is 9.57 Å². The number of halogens is 7. The molecule has 0 fully saturated rings. The molecule has 0 aliphatic carbocycles. The second-order valence-electron chi connectivity index (χ2n) is 1.95. The van der Waals surface area contributed by atoms with Crippen molar-refractivity contribution in [3.63, 3.8) is 0 Å². The van der Waals surface area contributed by atoms with Crippen LogP contribution in [0.2, 0.25) is 0 Å². The van der Waals surface area contributed by atoms with Gasteiger partial charge in [0.1, 0.15) is 0 Å². The predicted octanol–water partition coefficient (Wildman–Crippen LogP) is 5.97. The van der Waals surface area contributed by atoms with Crippen LogP contribution >= 0.6 is 85.2 Å². The van der Waals surface area contributed by atoms with Gasteiger partial charge >= 0.3 is 0 Å². The Hall–Kier alpha value is 2.26. The molecule has 0 bridgehead atoms. The summed E-state index contributed by atoms with van der Waals surface area (Å²) in [6.07, 6.45) is 0. The van der Waals surface area contributed by atoms with Crippen LogP contribution in [0.15, 0.2) is 4.74 Å². The van der Waals surface area contributed by atoms with Crippen molar-refractivity contribution in [1.29, 1.82) is 0 Å². The molecule has 0 aliphatic heterocycles. The van der Waals surface area contributed by atoms with Crippen LogP contribution in [0, 0.1) is 0 Å². The van der Waals surface area contributed by atoms with E-state index in [1.165, 1.54) is 6.92 Å². The van der Waals surface area contributed by atoms with Gasteiger partial charge in [0.15, 0.2) is 4.33 Å². The Morgan fingerprint density at radius 2 is 1.33 bits per heavy atom. The highest BCUT2D eigenvalue weighted by molar-refractivity contribution is 8.26. The number of rotatable bonds is 2. The maximum Gasteiger partial charge on any atom is 0.242 e. The molecule has 0 saturated carbocycles. The van der Waals surface area contributed by atoms with Crippen LogP contribution in [-0.4, -0.2) is 8.79 Å².